The molecular formula is C18H23F2N4O3S+. The Bertz CT molecular complexity index is 861. The number of hydrogen-bond acceptors (Lipinski definition) is 4. The van der Waals surface area contributed by atoms with Crippen molar-refractivity contribution < 1.29 is 28.1 Å². The molecule has 0 bridgehead atoms. The largest absolute Gasteiger partial charge is 0.616 e. The SMILES string of the molecule is CCN(C(=O)CC[S+]([O-])CC1CC1(F)F)c1cn(-c2ccc[n+](O)c2)nc1C. The van der Waals surface area contributed by atoms with Gasteiger partial charge in [-0.3, -0.25) is 10.0 Å². The number of aromatic nitrogens is 3. The van der Waals surface area contributed by atoms with Gasteiger partial charge >= 0.3 is 0 Å². The van der Waals surface area contributed by atoms with Crippen molar-refractivity contribution >= 4 is 22.8 Å². The summed E-state index contributed by atoms with van der Waals surface area (Å²) in [6.45, 7) is 3.99. The first-order valence-electron chi connectivity index (χ1n) is 9.01. The summed E-state index contributed by atoms with van der Waals surface area (Å²) in [6.07, 6.45) is 4.45. The predicted octanol–water partition coefficient (Wildman–Crippen LogP) is 1.85. The van der Waals surface area contributed by atoms with Crippen molar-refractivity contribution in [3.63, 3.8) is 0 Å². The van der Waals surface area contributed by atoms with E-state index in [2.05, 4.69) is 5.10 Å². The molecule has 1 saturated carbocycles. The van der Waals surface area contributed by atoms with E-state index >= 15 is 0 Å². The molecular weight excluding hydrogens is 390 g/mol. The van der Waals surface area contributed by atoms with Gasteiger partial charge in [-0.25, -0.2) is 13.5 Å². The zero-order valence-electron chi connectivity index (χ0n) is 15.7. The highest BCUT2D eigenvalue weighted by Crippen LogP contribution is 2.49. The fraction of sp³-hybridized carbons (Fsp3) is 0.500. The van der Waals surface area contributed by atoms with Gasteiger partial charge in [-0.05, 0) is 19.9 Å². The predicted molar refractivity (Wildman–Crippen MR) is 99.3 cm³/mol. The van der Waals surface area contributed by atoms with Crippen LogP contribution in [0.2, 0.25) is 0 Å². The Morgan fingerprint density at radius 3 is 2.89 bits per heavy atom. The summed E-state index contributed by atoms with van der Waals surface area (Å²) in [5.74, 6) is -3.72. The number of anilines is 1. The van der Waals surface area contributed by atoms with Crippen molar-refractivity contribution in [2.45, 2.75) is 32.6 Å². The molecule has 2 heterocycles. The molecule has 2 aromatic heterocycles. The molecule has 0 aliphatic heterocycles. The van der Waals surface area contributed by atoms with Crippen LogP contribution in [-0.4, -0.2) is 49.4 Å². The van der Waals surface area contributed by atoms with E-state index in [1.807, 2.05) is 6.92 Å². The lowest BCUT2D eigenvalue weighted by molar-refractivity contribution is -0.904. The third kappa shape index (κ3) is 4.61. The highest BCUT2D eigenvalue weighted by atomic mass is 32.2. The number of aryl methyl sites for hydroxylation is 1. The van der Waals surface area contributed by atoms with Crippen LogP contribution in [0.5, 0.6) is 0 Å². The van der Waals surface area contributed by atoms with E-state index in [9.17, 15) is 23.3 Å². The third-order valence-electron chi connectivity index (χ3n) is 4.70. The summed E-state index contributed by atoms with van der Waals surface area (Å²) in [6, 6.07) is 3.42. The Morgan fingerprint density at radius 1 is 1.57 bits per heavy atom. The zero-order chi connectivity index (χ0) is 20.5. The fourth-order valence-corrected chi connectivity index (χ4v) is 4.39. The summed E-state index contributed by atoms with van der Waals surface area (Å²) < 4.78 is 40.3. The number of hydrogen-bond donors (Lipinski definition) is 1. The number of halogens is 2. The lowest BCUT2D eigenvalue weighted by Crippen LogP contribution is -2.32. The van der Waals surface area contributed by atoms with Crippen LogP contribution < -0.4 is 9.63 Å². The topological polar surface area (TPSA) is 85.3 Å². The number of amides is 1. The van der Waals surface area contributed by atoms with E-state index < -0.39 is 23.0 Å². The summed E-state index contributed by atoms with van der Waals surface area (Å²) in [4.78, 5) is 14.2. The molecule has 0 spiro atoms. The first-order chi connectivity index (χ1) is 13.2. The Balaban J connectivity index is 1.64. The van der Waals surface area contributed by atoms with Crippen LogP contribution in [0.1, 0.15) is 25.5 Å². The van der Waals surface area contributed by atoms with Crippen LogP contribution >= 0.6 is 0 Å². The lowest BCUT2D eigenvalue weighted by atomic mass is 10.3. The third-order valence-corrected chi connectivity index (χ3v) is 6.14. The Morgan fingerprint density at radius 2 is 2.29 bits per heavy atom. The molecule has 152 valence electrons. The van der Waals surface area contributed by atoms with Crippen molar-refractivity contribution in [3.8, 4) is 5.69 Å². The Kier molecular flexibility index (Phi) is 5.90. The standard InChI is InChI=1S/C18H23F2N4O3S/c1-3-23(17(25)6-8-28(27)12-14-9-18(14,19)20)16-11-24(21-13(16)2)15-5-4-7-22(26)10-15/h4-5,7,10-11,14,26H,3,6,8-9,12H2,1-2H3/q+1. The molecule has 7 nitrogen and oxygen atoms in total. The van der Waals surface area contributed by atoms with E-state index in [1.54, 1.807) is 29.9 Å². The van der Waals surface area contributed by atoms with Crippen LogP contribution in [0.3, 0.4) is 0 Å². The molecule has 1 aliphatic carbocycles. The van der Waals surface area contributed by atoms with Gasteiger partial charge in [0.2, 0.25) is 18.3 Å². The second-order valence-electron chi connectivity index (χ2n) is 6.85. The second-order valence-corrected chi connectivity index (χ2v) is 8.47. The van der Waals surface area contributed by atoms with Crippen LogP contribution in [0.4, 0.5) is 14.5 Å². The molecule has 1 amide bonds. The minimum atomic E-state index is -2.69. The summed E-state index contributed by atoms with van der Waals surface area (Å²) in [7, 11) is 0. The molecule has 0 radical (unpaired) electrons. The van der Waals surface area contributed by atoms with Gasteiger partial charge in [0.25, 0.3) is 5.92 Å². The number of alkyl halides is 2. The van der Waals surface area contributed by atoms with Gasteiger partial charge in [0.1, 0.15) is 17.2 Å². The highest BCUT2D eigenvalue weighted by Gasteiger charge is 2.58. The maximum atomic E-state index is 12.9. The minimum Gasteiger partial charge on any atom is -0.616 e. The zero-order valence-corrected chi connectivity index (χ0v) is 16.5. The molecule has 2 unspecified atom stereocenters. The molecule has 1 aliphatic rings. The molecule has 0 saturated heterocycles. The second kappa shape index (κ2) is 8.04. The molecule has 1 N–H and O–H groups in total. The molecule has 28 heavy (non-hydrogen) atoms. The fourth-order valence-electron chi connectivity index (χ4n) is 3.01. The number of pyridine rings is 1. The first kappa shape index (κ1) is 20.5. The molecule has 2 aromatic rings. The van der Waals surface area contributed by atoms with Crippen LogP contribution in [-0.2, 0) is 16.0 Å². The average Bonchev–Trinajstić information content (AvgIpc) is 3.05. The van der Waals surface area contributed by atoms with Gasteiger partial charge in [-0.1, -0.05) is 11.2 Å². The summed E-state index contributed by atoms with van der Waals surface area (Å²) in [5, 5.41) is 13.9. The van der Waals surface area contributed by atoms with E-state index in [0.717, 1.165) is 4.73 Å². The number of carbonyl (C=O) groups is 1. The quantitative estimate of drug-likeness (QED) is 0.407. The minimum absolute atomic E-state index is 0.0192. The smallest absolute Gasteiger partial charge is 0.256 e. The van der Waals surface area contributed by atoms with Gasteiger partial charge < -0.3 is 9.45 Å². The molecule has 3 rings (SSSR count). The van der Waals surface area contributed by atoms with Crippen LogP contribution in [0.15, 0.2) is 30.7 Å². The van der Waals surface area contributed by atoms with Crippen LogP contribution in [0, 0.1) is 12.8 Å². The average molecular weight is 413 g/mol. The molecule has 0 aromatic carbocycles. The van der Waals surface area contributed by atoms with Crippen molar-refractivity contribution in [2.75, 3.05) is 23.0 Å². The Labute approximate surface area is 164 Å². The summed E-state index contributed by atoms with van der Waals surface area (Å²) >= 11 is -1.44. The van der Waals surface area contributed by atoms with Gasteiger partial charge in [0, 0.05) is 23.8 Å². The van der Waals surface area contributed by atoms with Gasteiger partial charge in [0.15, 0.2) is 0 Å². The highest BCUT2D eigenvalue weighted by molar-refractivity contribution is 7.91. The number of rotatable bonds is 8. The van der Waals surface area contributed by atoms with E-state index in [1.165, 1.54) is 17.3 Å². The molecule has 1 fully saturated rings. The van der Waals surface area contributed by atoms with Crippen molar-refractivity contribution in [1.29, 1.82) is 0 Å². The summed E-state index contributed by atoms with van der Waals surface area (Å²) in [5.41, 5.74) is 1.86. The van der Waals surface area contributed by atoms with Crippen molar-refractivity contribution in [1.82, 2.24) is 9.78 Å². The molecule has 2 atom stereocenters. The number of nitrogens with zero attached hydrogens (tertiary/aromatic N) is 4. The lowest BCUT2D eigenvalue weighted by Gasteiger charge is -2.20. The maximum Gasteiger partial charge on any atom is 0.256 e. The maximum absolute atomic E-state index is 12.9. The van der Waals surface area contributed by atoms with E-state index in [-0.39, 0.29) is 30.3 Å². The Hall–Kier alpha value is -2.20. The van der Waals surface area contributed by atoms with E-state index in [0.29, 0.717) is 23.6 Å². The van der Waals surface area contributed by atoms with Gasteiger partial charge in [-0.15, -0.1) is 0 Å². The van der Waals surface area contributed by atoms with Crippen molar-refractivity contribution in [3.05, 3.63) is 36.4 Å². The van der Waals surface area contributed by atoms with Gasteiger partial charge in [0.05, 0.1) is 29.9 Å². The molecule has 10 heteroatoms. The normalized spacial score (nSPS) is 18.7. The number of carbonyl (C=O) groups excluding carboxylic acids is 1. The first-order valence-corrected chi connectivity index (χ1v) is 10.5. The van der Waals surface area contributed by atoms with Crippen molar-refractivity contribution in [2.24, 2.45) is 5.92 Å². The monoisotopic (exact) mass is 413 g/mol. The van der Waals surface area contributed by atoms with Gasteiger partial charge in [-0.2, -0.15) is 5.10 Å². The van der Waals surface area contributed by atoms with E-state index in [4.69, 9.17) is 0 Å². The van der Waals surface area contributed by atoms with Crippen LogP contribution in [0.25, 0.3) is 5.69 Å².